The summed E-state index contributed by atoms with van der Waals surface area (Å²) < 4.78 is 32.3. The molecule has 8 nitrogen and oxygen atoms in total. The first kappa shape index (κ1) is 23.5. The second kappa shape index (κ2) is 9.95. The van der Waals surface area contributed by atoms with E-state index in [1.54, 1.807) is 0 Å². The standard InChI is InChI=1S/C20H21Cl2N3O5S/c1-13(30-20(27)14-5-8-18(22)23-12-14)19(26)24-17-11-15(6-7-16(17)21)31(28,29)25-9-3-2-4-10-25/h5-8,11-13H,2-4,9-10H2,1H3,(H,24,26)/t13-/m1/s1. The molecule has 0 aliphatic carbocycles. The molecule has 1 atom stereocenters. The minimum atomic E-state index is -3.70. The van der Waals surface area contributed by atoms with Gasteiger partial charge in [0, 0.05) is 19.3 Å². The second-order valence-electron chi connectivity index (χ2n) is 7.01. The SMILES string of the molecule is C[C@@H](OC(=O)c1ccc(Cl)nc1)C(=O)Nc1cc(S(=O)(=O)N2CCCCC2)ccc1Cl. The number of nitrogens with zero attached hydrogens (tertiary/aromatic N) is 2. The van der Waals surface area contributed by atoms with Gasteiger partial charge in [-0.05, 0) is 50.1 Å². The molecule has 31 heavy (non-hydrogen) atoms. The van der Waals surface area contributed by atoms with Gasteiger partial charge in [-0.3, -0.25) is 4.79 Å². The number of carbonyl (C=O) groups is 2. The molecule has 0 unspecified atom stereocenters. The fourth-order valence-electron chi connectivity index (χ4n) is 3.03. The van der Waals surface area contributed by atoms with Crippen LogP contribution in [0.1, 0.15) is 36.5 Å². The molecular formula is C20H21Cl2N3O5S. The van der Waals surface area contributed by atoms with Crippen LogP contribution in [0.3, 0.4) is 0 Å². The van der Waals surface area contributed by atoms with Crippen molar-refractivity contribution in [2.75, 3.05) is 18.4 Å². The second-order valence-corrected chi connectivity index (χ2v) is 9.75. The van der Waals surface area contributed by atoms with Crippen LogP contribution in [-0.4, -0.2) is 48.8 Å². The number of carbonyl (C=O) groups excluding carboxylic acids is 2. The van der Waals surface area contributed by atoms with Crippen LogP contribution >= 0.6 is 23.2 Å². The summed E-state index contributed by atoms with van der Waals surface area (Å²) in [6, 6.07) is 6.97. The van der Waals surface area contributed by atoms with E-state index in [0.717, 1.165) is 19.3 Å². The van der Waals surface area contributed by atoms with Gasteiger partial charge in [0.15, 0.2) is 6.10 Å². The maximum atomic E-state index is 12.9. The minimum Gasteiger partial charge on any atom is -0.449 e. The van der Waals surface area contributed by atoms with Crippen LogP contribution in [0.4, 0.5) is 5.69 Å². The van der Waals surface area contributed by atoms with E-state index in [-0.39, 0.29) is 26.3 Å². The van der Waals surface area contributed by atoms with Crippen LogP contribution < -0.4 is 5.32 Å². The fraction of sp³-hybridized carbons (Fsp3) is 0.350. The van der Waals surface area contributed by atoms with Gasteiger partial charge in [0.2, 0.25) is 10.0 Å². The highest BCUT2D eigenvalue weighted by Crippen LogP contribution is 2.28. The molecule has 0 bridgehead atoms. The summed E-state index contributed by atoms with van der Waals surface area (Å²) in [6.45, 7) is 2.30. The van der Waals surface area contributed by atoms with Gasteiger partial charge in [0.25, 0.3) is 5.91 Å². The number of piperidine rings is 1. The molecule has 1 aromatic heterocycles. The summed E-state index contributed by atoms with van der Waals surface area (Å²) in [5.74, 6) is -1.41. The Balaban J connectivity index is 1.71. The molecule has 166 valence electrons. The molecule has 1 aliphatic rings. The molecule has 3 rings (SSSR count). The van der Waals surface area contributed by atoms with Crippen molar-refractivity contribution in [3.05, 3.63) is 52.3 Å². The molecule has 0 spiro atoms. The zero-order chi connectivity index (χ0) is 22.6. The number of anilines is 1. The average molecular weight is 486 g/mol. The van der Waals surface area contributed by atoms with E-state index in [4.69, 9.17) is 27.9 Å². The third-order valence-corrected chi connectivity index (χ3v) is 7.21. The van der Waals surface area contributed by atoms with Crippen molar-refractivity contribution < 1.29 is 22.7 Å². The van der Waals surface area contributed by atoms with E-state index in [9.17, 15) is 18.0 Å². The summed E-state index contributed by atoms with van der Waals surface area (Å²) in [7, 11) is -3.70. The number of hydrogen-bond donors (Lipinski definition) is 1. The summed E-state index contributed by atoms with van der Waals surface area (Å²) >= 11 is 11.8. The van der Waals surface area contributed by atoms with Crippen molar-refractivity contribution in [1.82, 2.24) is 9.29 Å². The molecule has 1 saturated heterocycles. The molecule has 1 N–H and O–H groups in total. The number of benzene rings is 1. The van der Waals surface area contributed by atoms with Gasteiger partial charge in [-0.1, -0.05) is 29.6 Å². The topological polar surface area (TPSA) is 106 Å². The lowest BCUT2D eigenvalue weighted by Gasteiger charge is -2.26. The lowest BCUT2D eigenvalue weighted by atomic mass is 10.2. The van der Waals surface area contributed by atoms with Gasteiger partial charge in [-0.2, -0.15) is 4.31 Å². The maximum Gasteiger partial charge on any atom is 0.340 e. The van der Waals surface area contributed by atoms with Crippen molar-refractivity contribution in [3.63, 3.8) is 0 Å². The van der Waals surface area contributed by atoms with E-state index in [2.05, 4.69) is 10.3 Å². The quantitative estimate of drug-likeness (QED) is 0.493. The van der Waals surface area contributed by atoms with Gasteiger partial charge in [0.05, 0.1) is 21.2 Å². The van der Waals surface area contributed by atoms with E-state index in [1.165, 1.54) is 47.8 Å². The molecule has 2 aromatic rings. The summed E-state index contributed by atoms with van der Waals surface area (Å²) in [5.41, 5.74) is 0.248. The van der Waals surface area contributed by atoms with E-state index >= 15 is 0 Å². The normalized spacial score (nSPS) is 15.8. The van der Waals surface area contributed by atoms with Crippen LogP contribution in [0.5, 0.6) is 0 Å². The van der Waals surface area contributed by atoms with Crippen molar-refractivity contribution in [1.29, 1.82) is 0 Å². The van der Waals surface area contributed by atoms with Gasteiger partial charge in [-0.15, -0.1) is 0 Å². The number of ether oxygens (including phenoxy) is 1. The first-order valence-corrected chi connectivity index (χ1v) is 11.8. The smallest absolute Gasteiger partial charge is 0.340 e. The van der Waals surface area contributed by atoms with Crippen molar-refractivity contribution in [2.24, 2.45) is 0 Å². The Morgan fingerprint density at radius 3 is 2.48 bits per heavy atom. The van der Waals surface area contributed by atoms with Gasteiger partial charge in [0.1, 0.15) is 5.15 Å². The lowest BCUT2D eigenvalue weighted by Crippen LogP contribution is -2.35. The highest BCUT2D eigenvalue weighted by Gasteiger charge is 2.27. The first-order valence-electron chi connectivity index (χ1n) is 9.61. The Labute approximate surface area is 190 Å². The lowest BCUT2D eigenvalue weighted by molar-refractivity contribution is -0.123. The molecule has 1 fully saturated rings. The zero-order valence-corrected chi connectivity index (χ0v) is 19.0. The largest absolute Gasteiger partial charge is 0.449 e. The van der Waals surface area contributed by atoms with Gasteiger partial charge in [-0.25, -0.2) is 18.2 Å². The summed E-state index contributed by atoms with van der Waals surface area (Å²) in [4.78, 5) is 28.5. The van der Waals surface area contributed by atoms with Crippen LogP contribution in [0.2, 0.25) is 10.2 Å². The van der Waals surface area contributed by atoms with E-state index in [0.29, 0.717) is 13.1 Å². The molecule has 0 radical (unpaired) electrons. The number of pyridine rings is 1. The number of rotatable bonds is 6. The van der Waals surface area contributed by atoms with Crippen molar-refractivity contribution in [2.45, 2.75) is 37.2 Å². The van der Waals surface area contributed by atoms with Gasteiger partial charge < -0.3 is 10.1 Å². The predicted octanol–water partition coefficient (Wildman–Crippen LogP) is 3.75. The number of amides is 1. The monoisotopic (exact) mass is 485 g/mol. The molecule has 1 aliphatic heterocycles. The third-order valence-electron chi connectivity index (χ3n) is 4.76. The van der Waals surface area contributed by atoms with Crippen LogP contribution in [-0.2, 0) is 19.6 Å². The zero-order valence-electron chi connectivity index (χ0n) is 16.7. The first-order chi connectivity index (χ1) is 14.7. The Bertz CT molecular complexity index is 1070. The summed E-state index contributed by atoms with van der Waals surface area (Å²) in [5, 5.41) is 2.90. The van der Waals surface area contributed by atoms with Gasteiger partial charge >= 0.3 is 5.97 Å². The number of nitrogens with one attached hydrogen (secondary N) is 1. The number of halogens is 2. The van der Waals surface area contributed by atoms with Crippen LogP contribution in [0.25, 0.3) is 0 Å². The number of aromatic nitrogens is 1. The highest BCUT2D eigenvalue weighted by molar-refractivity contribution is 7.89. The van der Waals surface area contributed by atoms with E-state index in [1.807, 2.05) is 0 Å². The van der Waals surface area contributed by atoms with E-state index < -0.39 is 28.0 Å². The third kappa shape index (κ3) is 5.74. The summed E-state index contributed by atoms with van der Waals surface area (Å²) in [6.07, 6.45) is 2.68. The van der Waals surface area contributed by atoms with Crippen molar-refractivity contribution in [3.8, 4) is 0 Å². The van der Waals surface area contributed by atoms with Crippen LogP contribution in [0.15, 0.2) is 41.4 Å². The van der Waals surface area contributed by atoms with Crippen molar-refractivity contribution >= 4 is 50.8 Å². The number of esters is 1. The number of hydrogen-bond acceptors (Lipinski definition) is 6. The highest BCUT2D eigenvalue weighted by atomic mass is 35.5. The molecule has 2 heterocycles. The Hall–Kier alpha value is -2.20. The molecule has 1 amide bonds. The predicted molar refractivity (Wildman–Crippen MR) is 117 cm³/mol. The Morgan fingerprint density at radius 1 is 1.13 bits per heavy atom. The Kier molecular flexibility index (Phi) is 7.53. The molecule has 11 heteroatoms. The Morgan fingerprint density at radius 2 is 1.84 bits per heavy atom. The fourth-order valence-corrected chi connectivity index (χ4v) is 4.85. The average Bonchev–Trinajstić information content (AvgIpc) is 2.76. The maximum absolute atomic E-state index is 12.9. The molecular weight excluding hydrogens is 465 g/mol. The minimum absolute atomic E-state index is 0.0333. The molecule has 0 saturated carbocycles. The number of sulfonamides is 1. The van der Waals surface area contributed by atoms with Crippen LogP contribution in [0, 0.1) is 0 Å². The molecule has 1 aromatic carbocycles.